The predicted molar refractivity (Wildman–Crippen MR) is 122 cm³/mol. The summed E-state index contributed by atoms with van der Waals surface area (Å²) in [6.45, 7) is 0. The van der Waals surface area contributed by atoms with E-state index in [9.17, 15) is 0 Å². The largest absolute Gasteiger partial charge is 0.139 e. The van der Waals surface area contributed by atoms with Crippen LogP contribution in [-0.4, -0.2) is 15.4 Å². The Hall–Kier alpha value is -4.11. The Morgan fingerprint density at radius 3 is 1.67 bits per heavy atom. The van der Waals surface area contributed by atoms with Gasteiger partial charge < -0.3 is 0 Å². The minimum atomic E-state index is 0.806. The standard InChI is InChI=1S/C27H19N3/c1-3-10-20(11-4-1)22-14-7-8-15-24(22)27-23(21-12-5-2-6-13-21)16-9-17-25(27)26-18-19-28-30-29-26/h1-19H. The van der Waals surface area contributed by atoms with Gasteiger partial charge in [-0.2, -0.15) is 0 Å². The molecule has 5 aromatic rings. The summed E-state index contributed by atoms with van der Waals surface area (Å²) in [6, 6.07) is 37.8. The zero-order chi connectivity index (χ0) is 20.2. The van der Waals surface area contributed by atoms with E-state index in [2.05, 4.69) is 106 Å². The fraction of sp³-hybridized carbons (Fsp3) is 0. The third-order valence-corrected chi connectivity index (χ3v) is 5.21. The van der Waals surface area contributed by atoms with Gasteiger partial charge in [-0.1, -0.05) is 103 Å². The van der Waals surface area contributed by atoms with Crippen molar-refractivity contribution in [2.45, 2.75) is 0 Å². The Bertz CT molecular complexity index is 1210. The van der Waals surface area contributed by atoms with E-state index < -0.39 is 0 Å². The molecule has 0 radical (unpaired) electrons. The number of benzene rings is 4. The topological polar surface area (TPSA) is 38.7 Å². The molecule has 30 heavy (non-hydrogen) atoms. The maximum absolute atomic E-state index is 4.31. The van der Waals surface area contributed by atoms with Crippen LogP contribution in [0.5, 0.6) is 0 Å². The van der Waals surface area contributed by atoms with Crippen LogP contribution < -0.4 is 0 Å². The fourth-order valence-corrected chi connectivity index (χ4v) is 3.87. The summed E-state index contributed by atoms with van der Waals surface area (Å²) in [4.78, 5) is 0. The van der Waals surface area contributed by atoms with E-state index in [1.54, 1.807) is 6.20 Å². The second kappa shape index (κ2) is 8.10. The van der Waals surface area contributed by atoms with E-state index in [-0.39, 0.29) is 0 Å². The van der Waals surface area contributed by atoms with Crippen molar-refractivity contribution in [3.63, 3.8) is 0 Å². The van der Waals surface area contributed by atoms with Gasteiger partial charge in [-0.3, -0.25) is 0 Å². The van der Waals surface area contributed by atoms with E-state index in [1.165, 1.54) is 16.7 Å². The molecule has 0 aliphatic heterocycles. The lowest BCUT2D eigenvalue weighted by Crippen LogP contribution is -1.96. The molecular formula is C27H19N3. The lowest BCUT2D eigenvalue weighted by atomic mass is 9.85. The molecule has 142 valence electrons. The number of hydrogen-bond acceptors (Lipinski definition) is 3. The molecule has 1 heterocycles. The monoisotopic (exact) mass is 385 g/mol. The molecule has 3 heteroatoms. The van der Waals surface area contributed by atoms with E-state index in [0.717, 1.165) is 27.9 Å². The highest BCUT2D eigenvalue weighted by molar-refractivity contribution is 5.98. The zero-order valence-electron chi connectivity index (χ0n) is 16.3. The van der Waals surface area contributed by atoms with Crippen LogP contribution in [0.25, 0.3) is 44.6 Å². The van der Waals surface area contributed by atoms with E-state index in [4.69, 9.17) is 0 Å². The van der Waals surface area contributed by atoms with Crippen molar-refractivity contribution < 1.29 is 0 Å². The van der Waals surface area contributed by atoms with Crippen molar-refractivity contribution in [3.05, 3.63) is 115 Å². The summed E-state index contributed by atoms with van der Waals surface area (Å²) in [6.07, 6.45) is 1.68. The molecule has 0 fully saturated rings. The lowest BCUT2D eigenvalue weighted by Gasteiger charge is -2.18. The highest BCUT2D eigenvalue weighted by Gasteiger charge is 2.18. The summed E-state index contributed by atoms with van der Waals surface area (Å²) in [5.74, 6) is 0. The second-order valence-corrected chi connectivity index (χ2v) is 7.01. The van der Waals surface area contributed by atoms with E-state index in [1.807, 2.05) is 18.2 Å². The molecule has 0 aliphatic rings. The van der Waals surface area contributed by atoms with Crippen LogP contribution in [0.1, 0.15) is 0 Å². The highest BCUT2D eigenvalue weighted by Crippen LogP contribution is 2.43. The molecule has 5 rings (SSSR count). The van der Waals surface area contributed by atoms with Gasteiger partial charge >= 0.3 is 0 Å². The Morgan fingerprint density at radius 1 is 0.433 bits per heavy atom. The average molecular weight is 385 g/mol. The van der Waals surface area contributed by atoms with E-state index >= 15 is 0 Å². The quantitative estimate of drug-likeness (QED) is 0.352. The third-order valence-electron chi connectivity index (χ3n) is 5.21. The van der Waals surface area contributed by atoms with Crippen molar-refractivity contribution >= 4 is 0 Å². The summed E-state index contributed by atoms with van der Waals surface area (Å²) in [5, 5.41) is 12.0. The van der Waals surface area contributed by atoms with Gasteiger partial charge in [-0.05, 0) is 44.7 Å². The molecule has 0 atom stereocenters. The van der Waals surface area contributed by atoms with Gasteiger partial charge in [0.2, 0.25) is 0 Å². The molecule has 0 N–H and O–H groups in total. The van der Waals surface area contributed by atoms with Crippen LogP contribution in [0.3, 0.4) is 0 Å². The van der Waals surface area contributed by atoms with Crippen LogP contribution >= 0.6 is 0 Å². The van der Waals surface area contributed by atoms with Gasteiger partial charge in [0.25, 0.3) is 0 Å². The van der Waals surface area contributed by atoms with Gasteiger partial charge in [0.15, 0.2) is 0 Å². The van der Waals surface area contributed by atoms with Gasteiger partial charge in [0, 0.05) is 5.56 Å². The summed E-state index contributed by atoms with van der Waals surface area (Å²) in [5.41, 5.74) is 8.84. The first-order chi connectivity index (χ1) is 14.9. The van der Waals surface area contributed by atoms with Gasteiger partial charge in [0.1, 0.15) is 0 Å². The van der Waals surface area contributed by atoms with Crippen molar-refractivity contribution in [2.75, 3.05) is 0 Å². The molecule has 0 amide bonds. The maximum atomic E-state index is 4.31. The third kappa shape index (κ3) is 3.38. The minimum absolute atomic E-state index is 0.806. The van der Waals surface area contributed by atoms with Crippen molar-refractivity contribution in [3.8, 4) is 44.6 Å². The number of aromatic nitrogens is 3. The van der Waals surface area contributed by atoms with Gasteiger partial charge in [-0.15, -0.1) is 10.2 Å². The molecule has 4 aromatic carbocycles. The average Bonchev–Trinajstić information content (AvgIpc) is 2.85. The highest BCUT2D eigenvalue weighted by atomic mass is 15.3. The first-order valence-electron chi connectivity index (χ1n) is 9.90. The Balaban J connectivity index is 1.84. The Kier molecular flexibility index (Phi) is 4.84. The molecule has 0 bridgehead atoms. The van der Waals surface area contributed by atoms with E-state index in [0.29, 0.717) is 0 Å². The second-order valence-electron chi connectivity index (χ2n) is 7.01. The van der Waals surface area contributed by atoms with Crippen LogP contribution in [0, 0.1) is 0 Å². The molecule has 0 saturated heterocycles. The lowest BCUT2D eigenvalue weighted by molar-refractivity contribution is 0.871. The molecule has 0 spiro atoms. The molecule has 1 aromatic heterocycles. The smallest absolute Gasteiger partial charge is 0.0969 e. The van der Waals surface area contributed by atoms with Crippen molar-refractivity contribution in [1.29, 1.82) is 0 Å². The van der Waals surface area contributed by atoms with Crippen molar-refractivity contribution in [2.24, 2.45) is 0 Å². The van der Waals surface area contributed by atoms with Crippen LogP contribution in [0.15, 0.2) is 115 Å². The summed E-state index contributed by atoms with van der Waals surface area (Å²) < 4.78 is 0. The normalized spacial score (nSPS) is 10.7. The van der Waals surface area contributed by atoms with Crippen LogP contribution in [-0.2, 0) is 0 Å². The van der Waals surface area contributed by atoms with Gasteiger partial charge in [0.05, 0.1) is 11.9 Å². The van der Waals surface area contributed by atoms with Gasteiger partial charge in [-0.25, -0.2) is 0 Å². The molecule has 0 saturated carbocycles. The number of hydrogen-bond donors (Lipinski definition) is 0. The first kappa shape index (κ1) is 18.0. The Labute approximate surface area is 175 Å². The fourth-order valence-electron chi connectivity index (χ4n) is 3.87. The van der Waals surface area contributed by atoms with Crippen LogP contribution in [0.2, 0.25) is 0 Å². The summed E-state index contributed by atoms with van der Waals surface area (Å²) >= 11 is 0. The Morgan fingerprint density at radius 2 is 1.00 bits per heavy atom. The zero-order valence-corrected chi connectivity index (χ0v) is 16.3. The molecule has 0 aliphatic carbocycles. The molecule has 0 unspecified atom stereocenters. The predicted octanol–water partition coefficient (Wildman–Crippen LogP) is 6.54. The number of rotatable bonds is 4. The minimum Gasteiger partial charge on any atom is -0.139 e. The molecule has 3 nitrogen and oxygen atoms in total. The number of nitrogens with zero attached hydrogens (tertiary/aromatic N) is 3. The van der Waals surface area contributed by atoms with Crippen LogP contribution in [0.4, 0.5) is 0 Å². The summed E-state index contributed by atoms with van der Waals surface area (Å²) in [7, 11) is 0. The first-order valence-corrected chi connectivity index (χ1v) is 9.90. The maximum Gasteiger partial charge on any atom is 0.0969 e. The molecular weight excluding hydrogens is 366 g/mol. The SMILES string of the molecule is c1ccc(-c2ccccc2-c2c(-c3ccccc3)cccc2-c2ccnnn2)cc1. The van der Waals surface area contributed by atoms with Crippen molar-refractivity contribution in [1.82, 2.24) is 15.4 Å².